The first-order chi connectivity index (χ1) is 10.3. The molecule has 3 rings (SSSR count). The first-order valence-electron chi connectivity index (χ1n) is 7.56. The van der Waals surface area contributed by atoms with Crippen molar-refractivity contribution in [1.82, 2.24) is 4.90 Å². The normalized spacial score (nSPS) is 25.7. The Morgan fingerprint density at radius 3 is 2.86 bits per heavy atom. The van der Waals surface area contributed by atoms with E-state index in [9.17, 15) is 4.79 Å². The van der Waals surface area contributed by atoms with Crippen LogP contribution in [0.2, 0.25) is 0 Å². The molecule has 0 unspecified atom stereocenters. The first kappa shape index (κ1) is 14.3. The lowest BCUT2D eigenvalue weighted by Crippen LogP contribution is -2.48. The molecule has 2 aliphatic heterocycles. The summed E-state index contributed by atoms with van der Waals surface area (Å²) in [5.74, 6) is 0.333. The fourth-order valence-corrected chi connectivity index (χ4v) is 3.38. The quantitative estimate of drug-likeness (QED) is 0.796. The molecule has 2 saturated heterocycles. The van der Waals surface area contributed by atoms with Crippen LogP contribution in [0.15, 0.2) is 48.2 Å². The topological polar surface area (TPSA) is 29.5 Å². The summed E-state index contributed by atoms with van der Waals surface area (Å²) in [5.41, 5.74) is 5.38. The molecule has 0 amide bonds. The number of Topliss-reactive ketones (excluding diaryl/α,β-unsaturated/α-hetero) is 1. The summed E-state index contributed by atoms with van der Waals surface area (Å²) in [6.45, 7) is 5.97. The number of carbonyl (C=O) groups is 1. The van der Waals surface area contributed by atoms with Crippen LogP contribution in [0.5, 0.6) is 0 Å². The van der Waals surface area contributed by atoms with Crippen molar-refractivity contribution in [3.8, 4) is 0 Å². The zero-order valence-corrected chi connectivity index (χ0v) is 12.3. The molecule has 0 spiro atoms. The number of nitrogens with zero attached hydrogens (tertiary/aromatic N) is 1. The third-order valence-electron chi connectivity index (χ3n) is 4.44. The monoisotopic (exact) mass is 283 g/mol. The maximum atomic E-state index is 12.0. The molecule has 0 aromatic heterocycles. The van der Waals surface area contributed by atoms with Crippen molar-refractivity contribution in [3.63, 3.8) is 0 Å². The highest BCUT2D eigenvalue weighted by Crippen LogP contribution is 2.32. The molecule has 0 saturated carbocycles. The molecular weight excluding hydrogens is 262 g/mol. The SMILES string of the molecule is C=C=C1CCN2[C@H](COCc3ccccc3)CC(=O)C[C@@H]12. The molecule has 3 heteroatoms. The predicted octanol–water partition coefficient (Wildman–Crippen LogP) is 2.72. The number of carbonyl (C=O) groups excluding carboxylic acids is 1. The van der Waals surface area contributed by atoms with E-state index in [4.69, 9.17) is 4.74 Å². The van der Waals surface area contributed by atoms with Gasteiger partial charge in [-0.25, -0.2) is 0 Å². The summed E-state index contributed by atoms with van der Waals surface area (Å²) in [6.07, 6.45) is 2.21. The van der Waals surface area contributed by atoms with Gasteiger partial charge in [0.05, 0.1) is 13.2 Å². The zero-order chi connectivity index (χ0) is 14.7. The van der Waals surface area contributed by atoms with Crippen LogP contribution in [-0.4, -0.2) is 35.9 Å². The second-order valence-corrected chi connectivity index (χ2v) is 5.81. The van der Waals surface area contributed by atoms with E-state index < -0.39 is 0 Å². The molecular formula is C18H21NO2. The molecule has 2 fully saturated rings. The largest absolute Gasteiger partial charge is 0.375 e. The summed E-state index contributed by atoms with van der Waals surface area (Å²) >= 11 is 0. The van der Waals surface area contributed by atoms with Gasteiger partial charge in [-0.3, -0.25) is 9.69 Å². The van der Waals surface area contributed by atoms with Crippen molar-refractivity contribution in [1.29, 1.82) is 0 Å². The van der Waals surface area contributed by atoms with E-state index in [2.05, 4.69) is 29.3 Å². The maximum Gasteiger partial charge on any atom is 0.136 e. The smallest absolute Gasteiger partial charge is 0.136 e. The average Bonchev–Trinajstić information content (AvgIpc) is 2.91. The summed E-state index contributed by atoms with van der Waals surface area (Å²) in [4.78, 5) is 14.4. The van der Waals surface area contributed by atoms with E-state index in [-0.39, 0.29) is 12.1 Å². The van der Waals surface area contributed by atoms with Gasteiger partial charge in [0.1, 0.15) is 5.78 Å². The van der Waals surface area contributed by atoms with Gasteiger partial charge in [0.2, 0.25) is 0 Å². The Morgan fingerprint density at radius 1 is 1.29 bits per heavy atom. The second-order valence-electron chi connectivity index (χ2n) is 5.81. The molecule has 0 bridgehead atoms. The number of ketones is 1. The lowest BCUT2D eigenvalue weighted by atomic mass is 9.93. The molecule has 2 heterocycles. The number of rotatable bonds is 4. The Bertz CT molecular complexity index is 560. The third-order valence-corrected chi connectivity index (χ3v) is 4.44. The summed E-state index contributed by atoms with van der Waals surface area (Å²) in [6, 6.07) is 10.6. The highest BCUT2D eigenvalue weighted by Gasteiger charge is 2.40. The van der Waals surface area contributed by atoms with E-state index in [0.717, 1.165) is 13.0 Å². The third kappa shape index (κ3) is 3.16. The highest BCUT2D eigenvalue weighted by atomic mass is 16.5. The molecule has 0 N–H and O–H groups in total. The van der Waals surface area contributed by atoms with Crippen LogP contribution < -0.4 is 0 Å². The van der Waals surface area contributed by atoms with Crippen LogP contribution in [0.3, 0.4) is 0 Å². The fourth-order valence-electron chi connectivity index (χ4n) is 3.38. The van der Waals surface area contributed by atoms with Crippen molar-refractivity contribution in [2.24, 2.45) is 0 Å². The lowest BCUT2D eigenvalue weighted by molar-refractivity contribution is -0.125. The average molecular weight is 283 g/mol. The number of piperidine rings is 1. The van der Waals surface area contributed by atoms with E-state index >= 15 is 0 Å². The second kappa shape index (κ2) is 6.40. The van der Waals surface area contributed by atoms with E-state index in [0.29, 0.717) is 31.8 Å². The van der Waals surface area contributed by atoms with E-state index in [1.165, 1.54) is 11.1 Å². The van der Waals surface area contributed by atoms with Gasteiger partial charge in [0.25, 0.3) is 0 Å². The van der Waals surface area contributed by atoms with Gasteiger partial charge in [-0.1, -0.05) is 36.9 Å². The highest BCUT2D eigenvalue weighted by molar-refractivity contribution is 5.81. The fraction of sp³-hybridized carbons (Fsp3) is 0.444. The van der Waals surface area contributed by atoms with Crippen LogP contribution in [0.1, 0.15) is 24.8 Å². The molecule has 0 radical (unpaired) electrons. The molecule has 2 atom stereocenters. The minimum Gasteiger partial charge on any atom is -0.375 e. The van der Waals surface area contributed by atoms with Gasteiger partial charge in [-0.2, -0.15) is 0 Å². The Kier molecular flexibility index (Phi) is 4.35. The molecule has 1 aromatic carbocycles. The minimum absolute atomic E-state index is 0.200. The standard InChI is InChI=1S/C18H21NO2/c1-2-15-8-9-19-16(10-17(20)11-18(15)19)13-21-12-14-6-4-3-5-7-14/h3-7,16,18H,1,8-13H2/t16-,18-/m0/s1. The molecule has 2 aliphatic rings. The molecule has 21 heavy (non-hydrogen) atoms. The summed E-state index contributed by atoms with van der Waals surface area (Å²) in [7, 11) is 0. The number of fused-ring (bicyclic) bond motifs is 1. The summed E-state index contributed by atoms with van der Waals surface area (Å²) in [5, 5.41) is 0. The summed E-state index contributed by atoms with van der Waals surface area (Å²) < 4.78 is 5.85. The molecule has 3 nitrogen and oxygen atoms in total. The van der Waals surface area contributed by atoms with Crippen molar-refractivity contribution in [2.45, 2.75) is 38.0 Å². The van der Waals surface area contributed by atoms with Crippen molar-refractivity contribution >= 4 is 5.78 Å². The van der Waals surface area contributed by atoms with Crippen molar-refractivity contribution < 1.29 is 9.53 Å². The maximum absolute atomic E-state index is 12.0. The first-order valence-corrected chi connectivity index (χ1v) is 7.56. The van der Waals surface area contributed by atoms with Crippen molar-refractivity contribution in [2.75, 3.05) is 13.2 Å². The van der Waals surface area contributed by atoms with Crippen LogP contribution in [0, 0.1) is 0 Å². The van der Waals surface area contributed by atoms with Gasteiger partial charge in [0.15, 0.2) is 0 Å². The Labute approximate surface area is 125 Å². The molecule has 110 valence electrons. The Hall–Kier alpha value is -1.67. The Balaban J connectivity index is 1.59. The number of ether oxygens (including phenoxy) is 1. The van der Waals surface area contributed by atoms with E-state index in [1.54, 1.807) is 0 Å². The number of hydrogen-bond donors (Lipinski definition) is 0. The zero-order valence-electron chi connectivity index (χ0n) is 12.3. The van der Waals surface area contributed by atoms with Crippen molar-refractivity contribution in [3.05, 3.63) is 53.8 Å². The van der Waals surface area contributed by atoms with Gasteiger partial charge in [-0.15, -0.1) is 5.73 Å². The van der Waals surface area contributed by atoms with Crippen LogP contribution in [0.4, 0.5) is 0 Å². The Morgan fingerprint density at radius 2 is 2.10 bits per heavy atom. The van der Waals surface area contributed by atoms with Gasteiger partial charge in [-0.05, 0) is 17.6 Å². The predicted molar refractivity (Wildman–Crippen MR) is 81.9 cm³/mol. The van der Waals surface area contributed by atoms with Crippen LogP contribution >= 0.6 is 0 Å². The van der Waals surface area contributed by atoms with Gasteiger partial charge in [0, 0.05) is 31.5 Å². The van der Waals surface area contributed by atoms with Crippen LogP contribution in [-0.2, 0) is 16.1 Å². The number of benzene rings is 1. The minimum atomic E-state index is 0.200. The molecule has 1 aromatic rings. The van der Waals surface area contributed by atoms with Crippen LogP contribution in [0.25, 0.3) is 0 Å². The van der Waals surface area contributed by atoms with Gasteiger partial charge >= 0.3 is 0 Å². The van der Waals surface area contributed by atoms with E-state index in [1.807, 2.05) is 18.2 Å². The number of hydrogen-bond acceptors (Lipinski definition) is 3. The lowest BCUT2D eigenvalue weighted by Gasteiger charge is -2.36. The molecule has 0 aliphatic carbocycles. The van der Waals surface area contributed by atoms with Gasteiger partial charge < -0.3 is 4.74 Å².